The van der Waals surface area contributed by atoms with Crippen molar-refractivity contribution < 1.29 is 9.53 Å². The molecule has 33 heavy (non-hydrogen) atoms. The van der Waals surface area contributed by atoms with Gasteiger partial charge in [0.25, 0.3) is 11.5 Å². The maximum atomic E-state index is 13.0. The van der Waals surface area contributed by atoms with Crippen LogP contribution in [0.15, 0.2) is 71.7 Å². The smallest absolute Gasteiger partial charge is 0.280 e. The average Bonchev–Trinajstić information content (AvgIpc) is 3.16. The highest BCUT2D eigenvalue weighted by Crippen LogP contribution is 2.28. The molecular weight excluding hydrogens is 440 g/mol. The van der Waals surface area contributed by atoms with E-state index in [1.165, 1.54) is 11.8 Å². The van der Waals surface area contributed by atoms with Crippen LogP contribution in [0.25, 0.3) is 27.5 Å². The second-order valence-corrected chi connectivity index (χ2v) is 8.08. The minimum atomic E-state index is -0.310. The predicted molar refractivity (Wildman–Crippen MR) is 130 cm³/mol. The number of halogens is 1. The molecule has 0 fully saturated rings. The third-order valence-corrected chi connectivity index (χ3v) is 5.78. The van der Waals surface area contributed by atoms with Crippen LogP contribution in [0, 0.1) is 6.92 Å². The first-order chi connectivity index (χ1) is 15.9. The molecule has 7 nitrogen and oxygen atoms in total. The molecule has 5 rings (SSSR count). The summed E-state index contributed by atoms with van der Waals surface area (Å²) in [5.74, 6) is 0.214. The van der Waals surface area contributed by atoms with Crippen LogP contribution in [-0.4, -0.2) is 27.8 Å². The van der Waals surface area contributed by atoms with E-state index < -0.39 is 0 Å². The van der Waals surface area contributed by atoms with Gasteiger partial charge >= 0.3 is 0 Å². The van der Waals surface area contributed by atoms with Crippen molar-refractivity contribution in [2.24, 2.45) is 0 Å². The summed E-state index contributed by atoms with van der Waals surface area (Å²) in [4.78, 5) is 30.3. The Labute approximate surface area is 193 Å². The van der Waals surface area contributed by atoms with E-state index in [0.29, 0.717) is 43.8 Å². The van der Waals surface area contributed by atoms with Crippen LogP contribution < -0.4 is 15.6 Å². The fourth-order valence-electron chi connectivity index (χ4n) is 3.72. The zero-order valence-corrected chi connectivity index (χ0v) is 18.6. The summed E-state index contributed by atoms with van der Waals surface area (Å²) in [7, 11) is 1.53. The normalized spacial score (nSPS) is 11.1. The van der Waals surface area contributed by atoms with Gasteiger partial charge in [0.15, 0.2) is 0 Å². The van der Waals surface area contributed by atoms with Crippen molar-refractivity contribution in [1.82, 2.24) is 14.8 Å². The number of aromatic amines is 1. The summed E-state index contributed by atoms with van der Waals surface area (Å²) in [5, 5.41) is 7.54. The Morgan fingerprint density at radius 1 is 1.06 bits per heavy atom. The van der Waals surface area contributed by atoms with E-state index in [9.17, 15) is 9.59 Å². The minimum Gasteiger partial charge on any atom is -0.495 e. The third kappa shape index (κ3) is 3.72. The zero-order chi connectivity index (χ0) is 23.1. The van der Waals surface area contributed by atoms with Crippen LogP contribution in [0.3, 0.4) is 0 Å². The average molecular weight is 459 g/mol. The Morgan fingerprint density at radius 3 is 2.58 bits per heavy atom. The zero-order valence-electron chi connectivity index (χ0n) is 17.8. The number of methoxy groups -OCH3 is 1. The van der Waals surface area contributed by atoms with Gasteiger partial charge in [-0.25, -0.2) is 4.68 Å². The highest BCUT2D eigenvalue weighted by molar-refractivity contribution is 6.32. The SMILES string of the molecule is COc1ccc(NC(=O)c2ccc3ncc4c(=O)n(-c5ccc(C)cc5)[nH]c4c3c2)cc1Cl. The number of ether oxygens (including phenoxy) is 1. The maximum absolute atomic E-state index is 13.0. The van der Waals surface area contributed by atoms with Crippen molar-refractivity contribution >= 4 is 45.0 Å². The molecule has 3 aromatic carbocycles. The summed E-state index contributed by atoms with van der Waals surface area (Å²) in [6.45, 7) is 1.99. The first-order valence-corrected chi connectivity index (χ1v) is 10.6. The maximum Gasteiger partial charge on any atom is 0.280 e. The van der Waals surface area contributed by atoms with Crippen LogP contribution in [0.2, 0.25) is 5.02 Å². The number of pyridine rings is 1. The van der Waals surface area contributed by atoms with E-state index >= 15 is 0 Å². The van der Waals surface area contributed by atoms with E-state index in [0.717, 1.165) is 11.3 Å². The van der Waals surface area contributed by atoms with Crippen molar-refractivity contribution in [3.8, 4) is 11.4 Å². The summed E-state index contributed by atoms with van der Waals surface area (Å²) >= 11 is 6.16. The topological polar surface area (TPSA) is 89.0 Å². The molecule has 2 heterocycles. The number of aryl methyl sites for hydroxylation is 1. The van der Waals surface area contributed by atoms with Crippen molar-refractivity contribution in [2.75, 3.05) is 12.4 Å². The summed E-state index contributed by atoms with van der Waals surface area (Å²) in [6, 6.07) is 17.8. The molecule has 0 bridgehead atoms. The van der Waals surface area contributed by atoms with Crippen LogP contribution in [0.1, 0.15) is 15.9 Å². The predicted octanol–water partition coefficient (Wildman–Crippen LogP) is 5.09. The summed E-state index contributed by atoms with van der Waals surface area (Å²) in [5.41, 5.74) is 3.88. The fourth-order valence-corrected chi connectivity index (χ4v) is 3.98. The molecule has 164 valence electrons. The van der Waals surface area contributed by atoms with Crippen molar-refractivity contribution in [1.29, 1.82) is 0 Å². The molecule has 0 aliphatic rings. The molecule has 0 spiro atoms. The summed E-state index contributed by atoms with van der Waals surface area (Å²) < 4.78 is 6.63. The first-order valence-electron chi connectivity index (χ1n) is 10.2. The lowest BCUT2D eigenvalue weighted by atomic mass is 10.1. The van der Waals surface area contributed by atoms with Crippen LogP contribution >= 0.6 is 11.6 Å². The Bertz CT molecular complexity index is 1590. The molecule has 0 aliphatic heterocycles. The molecule has 5 aromatic rings. The largest absolute Gasteiger partial charge is 0.495 e. The van der Waals surface area contributed by atoms with E-state index in [2.05, 4.69) is 15.4 Å². The fraction of sp³-hybridized carbons (Fsp3) is 0.0800. The molecule has 2 N–H and O–H groups in total. The van der Waals surface area contributed by atoms with Gasteiger partial charge in [0.1, 0.15) is 5.75 Å². The van der Waals surface area contributed by atoms with E-state index in [4.69, 9.17) is 16.3 Å². The second kappa shape index (κ2) is 8.11. The molecular formula is C25H19ClN4O3. The quantitative estimate of drug-likeness (QED) is 0.392. The molecule has 0 aliphatic carbocycles. The Morgan fingerprint density at radius 2 is 1.85 bits per heavy atom. The van der Waals surface area contributed by atoms with Gasteiger partial charge < -0.3 is 10.1 Å². The van der Waals surface area contributed by atoms with Gasteiger partial charge in [-0.05, 0) is 55.5 Å². The monoisotopic (exact) mass is 458 g/mol. The number of rotatable bonds is 4. The number of H-pyrrole nitrogens is 1. The number of hydrogen-bond donors (Lipinski definition) is 2. The number of nitrogens with one attached hydrogen (secondary N) is 2. The number of carbonyl (C=O) groups is 1. The van der Waals surface area contributed by atoms with Crippen LogP contribution in [-0.2, 0) is 0 Å². The number of nitrogens with zero attached hydrogens (tertiary/aromatic N) is 2. The van der Waals surface area contributed by atoms with E-state index in [1.807, 2.05) is 31.2 Å². The van der Waals surface area contributed by atoms with Crippen LogP contribution in [0.5, 0.6) is 5.75 Å². The molecule has 8 heteroatoms. The molecule has 0 saturated heterocycles. The lowest BCUT2D eigenvalue weighted by Crippen LogP contribution is -2.14. The van der Waals surface area contributed by atoms with Gasteiger partial charge in [-0.1, -0.05) is 29.3 Å². The number of fused-ring (bicyclic) bond motifs is 3. The Hall–Kier alpha value is -4.10. The number of aromatic nitrogens is 3. The summed E-state index contributed by atoms with van der Waals surface area (Å²) in [6.07, 6.45) is 1.56. The highest BCUT2D eigenvalue weighted by Gasteiger charge is 2.15. The Kier molecular flexibility index (Phi) is 5.11. The lowest BCUT2D eigenvalue weighted by molar-refractivity contribution is 0.102. The van der Waals surface area contributed by atoms with Gasteiger partial charge in [-0.15, -0.1) is 0 Å². The van der Waals surface area contributed by atoms with Crippen molar-refractivity contribution in [3.05, 3.63) is 93.4 Å². The minimum absolute atomic E-state index is 0.203. The van der Waals surface area contributed by atoms with Gasteiger partial charge in [-0.3, -0.25) is 19.7 Å². The highest BCUT2D eigenvalue weighted by atomic mass is 35.5. The lowest BCUT2D eigenvalue weighted by Gasteiger charge is -2.09. The number of carbonyl (C=O) groups excluding carboxylic acids is 1. The van der Waals surface area contributed by atoms with Gasteiger partial charge in [0.2, 0.25) is 0 Å². The number of benzene rings is 3. The first kappa shape index (κ1) is 20.8. The molecule has 2 aromatic heterocycles. The Balaban J connectivity index is 1.56. The van der Waals surface area contributed by atoms with Gasteiger partial charge in [-0.2, -0.15) is 0 Å². The molecule has 1 amide bonds. The molecule has 0 unspecified atom stereocenters. The number of anilines is 1. The van der Waals surface area contributed by atoms with Crippen molar-refractivity contribution in [2.45, 2.75) is 6.92 Å². The van der Waals surface area contributed by atoms with E-state index in [1.54, 1.807) is 42.6 Å². The van der Waals surface area contributed by atoms with Crippen molar-refractivity contribution in [3.63, 3.8) is 0 Å². The third-order valence-electron chi connectivity index (χ3n) is 5.49. The van der Waals surface area contributed by atoms with Gasteiger partial charge in [0.05, 0.1) is 34.2 Å². The molecule has 0 saturated carbocycles. The number of amides is 1. The van der Waals surface area contributed by atoms with E-state index in [-0.39, 0.29) is 11.5 Å². The molecule has 0 atom stereocenters. The van der Waals surface area contributed by atoms with Gasteiger partial charge in [0, 0.05) is 22.8 Å². The standard InChI is InChI=1S/C25H19ClN4O3/c1-14-3-7-17(8-4-14)30-25(32)19-13-27-21-9-5-15(11-18(21)23(19)29-30)24(31)28-16-6-10-22(33-2)20(26)12-16/h3-13,29H,1-2H3,(H,28,31). The molecule has 0 radical (unpaired) electrons. The second-order valence-electron chi connectivity index (χ2n) is 7.67. The van der Waals surface area contributed by atoms with Crippen LogP contribution in [0.4, 0.5) is 5.69 Å². The number of hydrogen-bond acceptors (Lipinski definition) is 4.